The monoisotopic (exact) mass is 299 g/mol. The van der Waals surface area contributed by atoms with E-state index in [4.69, 9.17) is 4.74 Å². The molecule has 0 amide bonds. The summed E-state index contributed by atoms with van der Waals surface area (Å²) in [7, 11) is 0. The summed E-state index contributed by atoms with van der Waals surface area (Å²) in [4.78, 5) is 16.8. The molecule has 3 nitrogen and oxygen atoms in total. The van der Waals surface area contributed by atoms with Crippen molar-refractivity contribution in [2.75, 3.05) is 0 Å². The third-order valence-electron chi connectivity index (χ3n) is 3.78. The lowest BCUT2D eigenvalue weighted by molar-refractivity contribution is 0.0737. The van der Waals surface area contributed by atoms with E-state index in [9.17, 15) is 4.79 Å². The summed E-state index contributed by atoms with van der Waals surface area (Å²) in [6.45, 7) is 0. The van der Waals surface area contributed by atoms with Gasteiger partial charge in [-0.2, -0.15) is 0 Å². The van der Waals surface area contributed by atoms with E-state index < -0.39 is 0 Å². The zero-order valence-corrected chi connectivity index (χ0v) is 12.3. The molecule has 0 unspecified atom stereocenters. The second-order valence-electron chi connectivity index (χ2n) is 5.28. The lowest BCUT2D eigenvalue weighted by Crippen LogP contribution is -2.08. The highest BCUT2D eigenvalue weighted by Crippen LogP contribution is 2.24. The van der Waals surface area contributed by atoms with Crippen molar-refractivity contribution in [2.45, 2.75) is 0 Å². The van der Waals surface area contributed by atoms with Crippen molar-refractivity contribution in [3.63, 3.8) is 0 Å². The van der Waals surface area contributed by atoms with Gasteiger partial charge < -0.3 is 4.74 Å². The molecular weight excluding hydrogens is 286 g/mol. The molecule has 0 saturated carbocycles. The molecule has 1 aromatic heterocycles. The Balaban J connectivity index is 1.70. The SMILES string of the molecule is O=C(Oc1cccc2cccnc12)c1ccc2ccccc2c1. The predicted molar refractivity (Wildman–Crippen MR) is 90.6 cm³/mol. The van der Waals surface area contributed by atoms with Crippen molar-refractivity contribution >= 4 is 27.6 Å². The smallest absolute Gasteiger partial charge is 0.343 e. The molecule has 0 aliphatic heterocycles. The number of carbonyl (C=O) groups is 1. The van der Waals surface area contributed by atoms with Gasteiger partial charge in [0.15, 0.2) is 5.75 Å². The van der Waals surface area contributed by atoms with Crippen LogP contribution in [0.4, 0.5) is 0 Å². The molecule has 0 aliphatic rings. The summed E-state index contributed by atoms with van der Waals surface area (Å²) >= 11 is 0. The molecule has 0 bridgehead atoms. The van der Waals surface area contributed by atoms with Crippen LogP contribution >= 0.6 is 0 Å². The van der Waals surface area contributed by atoms with Crippen LogP contribution in [0, 0.1) is 0 Å². The first-order chi connectivity index (χ1) is 11.3. The van der Waals surface area contributed by atoms with Gasteiger partial charge in [0.2, 0.25) is 0 Å². The topological polar surface area (TPSA) is 39.2 Å². The molecular formula is C20H13NO2. The van der Waals surface area contributed by atoms with Crippen molar-refractivity contribution in [3.05, 3.63) is 84.6 Å². The van der Waals surface area contributed by atoms with Crippen molar-refractivity contribution in [3.8, 4) is 5.75 Å². The molecule has 0 spiro atoms. The van der Waals surface area contributed by atoms with E-state index in [0.717, 1.165) is 16.2 Å². The molecule has 4 aromatic rings. The Morgan fingerprint density at radius 3 is 2.48 bits per heavy atom. The van der Waals surface area contributed by atoms with E-state index in [1.165, 1.54) is 0 Å². The Morgan fingerprint density at radius 1 is 0.783 bits per heavy atom. The molecule has 1 heterocycles. The summed E-state index contributed by atoms with van der Waals surface area (Å²) in [6, 6.07) is 22.8. The number of rotatable bonds is 2. The largest absolute Gasteiger partial charge is 0.421 e. The lowest BCUT2D eigenvalue weighted by atomic mass is 10.1. The fourth-order valence-electron chi connectivity index (χ4n) is 2.63. The van der Waals surface area contributed by atoms with E-state index in [0.29, 0.717) is 16.8 Å². The maximum absolute atomic E-state index is 12.5. The first kappa shape index (κ1) is 13.5. The number of aromatic nitrogens is 1. The Labute approximate surface area is 133 Å². The van der Waals surface area contributed by atoms with Gasteiger partial charge in [-0.3, -0.25) is 4.98 Å². The minimum Gasteiger partial charge on any atom is -0.421 e. The Kier molecular flexibility index (Phi) is 3.24. The molecule has 0 radical (unpaired) electrons. The number of hydrogen-bond acceptors (Lipinski definition) is 3. The molecule has 23 heavy (non-hydrogen) atoms. The molecule has 4 rings (SSSR count). The molecule has 3 heteroatoms. The Bertz CT molecular complexity index is 1020. The third kappa shape index (κ3) is 2.53. The van der Waals surface area contributed by atoms with Crippen molar-refractivity contribution in [1.29, 1.82) is 0 Å². The Morgan fingerprint density at radius 2 is 1.57 bits per heavy atom. The van der Waals surface area contributed by atoms with E-state index in [-0.39, 0.29) is 5.97 Å². The number of hydrogen-bond donors (Lipinski definition) is 0. The summed E-state index contributed by atoms with van der Waals surface area (Å²) < 4.78 is 5.56. The van der Waals surface area contributed by atoms with E-state index in [1.807, 2.05) is 60.7 Å². The summed E-state index contributed by atoms with van der Waals surface area (Å²) in [5, 5.41) is 3.05. The highest BCUT2D eigenvalue weighted by atomic mass is 16.5. The highest BCUT2D eigenvalue weighted by Gasteiger charge is 2.12. The Hall–Kier alpha value is -3.20. The summed E-state index contributed by atoms with van der Waals surface area (Å²) in [5.41, 5.74) is 1.21. The van der Waals surface area contributed by atoms with Gasteiger partial charge in [0.05, 0.1) is 5.56 Å². The van der Waals surface area contributed by atoms with Gasteiger partial charge in [0.1, 0.15) is 5.52 Å². The van der Waals surface area contributed by atoms with Crippen LogP contribution in [-0.2, 0) is 0 Å². The van der Waals surface area contributed by atoms with Crippen LogP contribution in [0.3, 0.4) is 0 Å². The molecule has 0 fully saturated rings. The molecule has 110 valence electrons. The van der Waals surface area contributed by atoms with Crippen LogP contribution in [-0.4, -0.2) is 11.0 Å². The van der Waals surface area contributed by atoms with Gasteiger partial charge in [-0.05, 0) is 35.0 Å². The van der Waals surface area contributed by atoms with Crippen LogP contribution < -0.4 is 4.74 Å². The third-order valence-corrected chi connectivity index (χ3v) is 3.78. The van der Waals surface area contributed by atoms with Crippen molar-refractivity contribution in [2.24, 2.45) is 0 Å². The van der Waals surface area contributed by atoms with Gasteiger partial charge >= 0.3 is 5.97 Å². The second kappa shape index (κ2) is 5.54. The minimum atomic E-state index is -0.381. The van der Waals surface area contributed by atoms with Crippen LogP contribution in [0.25, 0.3) is 21.7 Å². The normalized spacial score (nSPS) is 10.8. The average Bonchev–Trinajstić information content (AvgIpc) is 2.61. The van der Waals surface area contributed by atoms with Gasteiger partial charge in [0.25, 0.3) is 0 Å². The minimum absolute atomic E-state index is 0.381. The number of fused-ring (bicyclic) bond motifs is 2. The number of pyridine rings is 1. The maximum Gasteiger partial charge on any atom is 0.343 e. The number of carbonyl (C=O) groups excluding carboxylic acids is 1. The lowest BCUT2D eigenvalue weighted by Gasteiger charge is -2.07. The summed E-state index contributed by atoms with van der Waals surface area (Å²) in [5.74, 6) is 0.0927. The second-order valence-corrected chi connectivity index (χ2v) is 5.28. The number of benzene rings is 3. The quantitative estimate of drug-likeness (QED) is 0.401. The van der Waals surface area contributed by atoms with E-state index in [2.05, 4.69) is 4.98 Å². The number of esters is 1. The first-order valence-electron chi connectivity index (χ1n) is 7.36. The maximum atomic E-state index is 12.5. The molecule has 0 saturated heterocycles. The summed E-state index contributed by atoms with van der Waals surface area (Å²) in [6.07, 6.45) is 1.69. The van der Waals surface area contributed by atoms with Crippen molar-refractivity contribution < 1.29 is 9.53 Å². The zero-order chi connectivity index (χ0) is 15.6. The highest BCUT2D eigenvalue weighted by molar-refractivity contribution is 5.98. The fraction of sp³-hybridized carbons (Fsp3) is 0. The average molecular weight is 299 g/mol. The molecule has 3 aromatic carbocycles. The van der Waals surface area contributed by atoms with Gasteiger partial charge in [-0.25, -0.2) is 4.79 Å². The molecule has 0 atom stereocenters. The van der Waals surface area contributed by atoms with Crippen LogP contribution in [0.5, 0.6) is 5.75 Å². The number of nitrogens with zero attached hydrogens (tertiary/aromatic N) is 1. The molecule has 0 aliphatic carbocycles. The van der Waals surface area contributed by atoms with E-state index >= 15 is 0 Å². The molecule has 0 N–H and O–H groups in total. The number of ether oxygens (including phenoxy) is 1. The van der Waals surface area contributed by atoms with Crippen LogP contribution in [0.15, 0.2) is 79.0 Å². The predicted octanol–water partition coefficient (Wildman–Crippen LogP) is 4.61. The van der Waals surface area contributed by atoms with Gasteiger partial charge in [0, 0.05) is 11.6 Å². The van der Waals surface area contributed by atoms with Gasteiger partial charge in [-0.1, -0.05) is 48.5 Å². The van der Waals surface area contributed by atoms with E-state index in [1.54, 1.807) is 18.3 Å². The number of para-hydroxylation sites is 1. The standard InChI is InChI=1S/C20H13NO2/c22-20(17-11-10-14-5-1-2-6-16(14)13-17)23-18-9-3-7-15-8-4-12-21-19(15)18/h1-13H. The van der Waals surface area contributed by atoms with Gasteiger partial charge in [-0.15, -0.1) is 0 Å². The first-order valence-corrected chi connectivity index (χ1v) is 7.36. The van der Waals surface area contributed by atoms with Crippen LogP contribution in [0.1, 0.15) is 10.4 Å². The fourth-order valence-corrected chi connectivity index (χ4v) is 2.63. The van der Waals surface area contributed by atoms with Crippen molar-refractivity contribution in [1.82, 2.24) is 4.98 Å². The van der Waals surface area contributed by atoms with Crippen LogP contribution in [0.2, 0.25) is 0 Å². The zero-order valence-electron chi connectivity index (χ0n) is 12.3.